The van der Waals surface area contributed by atoms with Crippen LogP contribution in [0.2, 0.25) is 0 Å². The average Bonchev–Trinajstić information content (AvgIpc) is 3.00. The van der Waals surface area contributed by atoms with Crippen molar-refractivity contribution in [2.24, 2.45) is 0 Å². The van der Waals surface area contributed by atoms with Gasteiger partial charge in [0.1, 0.15) is 16.4 Å². The third-order valence-corrected chi connectivity index (χ3v) is 9.21. The smallest absolute Gasteiger partial charge is 0.262 e. The highest BCUT2D eigenvalue weighted by molar-refractivity contribution is 7.89. The summed E-state index contributed by atoms with van der Waals surface area (Å²) < 4.78 is 27.9. The van der Waals surface area contributed by atoms with Crippen LogP contribution in [0.3, 0.4) is 0 Å². The maximum absolute atomic E-state index is 13.6. The Balaban J connectivity index is 1.40. The predicted octanol–water partition coefficient (Wildman–Crippen LogP) is 3.56. The van der Waals surface area contributed by atoms with Crippen molar-refractivity contribution in [1.29, 1.82) is 0 Å². The van der Waals surface area contributed by atoms with Gasteiger partial charge in [-0.05, 0) is 54.4 Å². The molecule has 0 spiro atoms. The van der Waals surface area contributed by atoms with Crippen molar-refractivity contribution in [3.63, 3.8) is 0 Å². The molecule has 0 saturated carbocycles. The molecule has 0 atom stereocenters. The number of aromatic hydroxyl groups is 2. The molecule has 0 bridgehead atoms. The third-order valence-electron chi connectivity index (χ3n) is 7.35. The molecule has 2 aromatic heterocycles. The number of carbonyl (C=O) groups is 2. The van der Waals surface area contributed by atoms with Gasteiger partial charge in [0.2, 0.25) is 15.9 Å². The minimum Gasteiger partial charge on any atom is -0.508 e. The zero-order chi connectivity index (χ0) is 30.7. The van der Waals surface area contributed by atoms with Crippen molar-refractivity contribution < 1.29 is 28.2 Å². The zero-order valence-corrected chi connectivity index (χ0v) is 24.5. The average molecular weight is 602 g/mol. The summed E-state index contributed by atoms with van der Waals surface area (Å²) in [6.07, 6.45) is 4.63. The van der Waals surface area contributed by atoms with E-state index in [1.54, 1.807) is 60.6 Å². The molecule has 3 heterocycles. The van der Waals surface area contributed by atoms with Gasteiger partial charge in [-0.2, -0.15) is 4.31 Å². The number of amides is 2. The maximum Gasteiger partial charge on any atom is 0.262 e. The Morgan fingerprint density at radius 3 is 2.28 bits per heavy atom. The highest BCUT2D eigenvalue weighted by atomic mass is 32.2. The number of aromatic nitrogens is 2. The second kappa shape index (κ2) is 12.2. The number of nitrogens with zero attached hydrogens (tertiary/aromatic N) is 5. The number of aryl methyl sites for hydroxylation is 1. The number of phenolic OH excluding ortho intramolecular Hbond substituents is 2. The summed E-state index contributed by atoms with van der Waals surface area (Å²) in [6, 6.07) is 16.1. The Bertz CT molecular complexity index is 1760. The first kappa shape index (κ1) is 29.7. The fourth-order valence-corrected chi connectivity index (χ4v) is 6.44. The Morgan fingerprint density at radius 2 is 1.67 bits per heavy atom. The molecule has 1 fully saturated rings. The first-order chi connectivity index (χ1) is 20.5. The molecule has 43 heavy (non-hydrogen) atoms. The standard InChI is InChI=1S/C31H31N5O6S/c1-21-16-27(43(41,42)35-14-12-34(13-15-35)22(2)37)19-33-30(21)24-5-7-25(8-6-24)36(20-23-4-3-11-32-18-23)31(40)28-10-9-26(38)17-29(28)39/h3-11,16-19,38-39H,12-15,20H2,1-2H3. The number of benzene rings is 2. The lowest BCUT2D eigenvalue weighted by Crippen LogP contribution is -2.49. The lowest BCUT2D eigenvalue weighted by atomic mass is 10.1. The van der Waals surface area contributed by atoms with Crippen LogP contribution in [0.4, 0.5) is 5.69 Å². The molecule has 4 aromatic rings. The van der Waals surface area contributed by atoms with Crippen molar-refractivity contribution in [2.45, 2.75) is 25.3 Å². The van der Waals surface area contributed by atoms with Crippen LogP contribution in [-0.2, 0) is 21.4 Å². The van der Waals surface area contributed by atoms with Gasteiger partial charge in [-0.15, -0.1) is 0 Å². The van der Waals surface area contributed by atoms with Crippen LogP contribution in [0.5, 0.6) is 11.5 Å². The van der Waals surface area contributed by atoms with E-state index in [4.69, 9.17) is 0 Å². The monoisotopic (exact) mass is 601 g/mol. The Morgan fingerprint density at radius 1 is 0.953 bits per heavy atom. The van der Waals surface area contributed by atoms with Crippen molar-refractivity contribution in [3.8, 4) is 22.8 Å². The number of rotatable bonds is 7. The lowest BCUT2D eigenvalue weighted by Gasteiger charge is -2.33. The summed E-state index contributed by atoms with van der Waals surface area (Å²) >= 11 is 0. The van der Waals surface area contributed by atoms with Crippen LogP contribution in [0, 0.1) is 6.92 Å². The van der Waals surface area contributed by atoms with E-state index in [9.17, 15) is 28.2 Å². The molecule has 0 unspecified atom stereocenters. The van der Waals surface area contributed by atoms with E-state index in [0.29, 0.717) is 30.0 Å². The van der Waals surface area contributed by atoms with E-state index >= 15 is 0 Å². The Kier molecular flexibility index (Phi) is 8.42. The summed E-state index contributed by atoms with van der Waals surface area (Å²) in [5.74, 6) is -1.04. The van der Waals surface area contributed by atoms with Crippen molar-refractivity contribution in [1.82, 2.24) is 19.2 Å². The number of piperazine rings is 1. The topological polar surface area (TPSA) is 144 Å². The number of sulfonamides is 1. The van der Waals surface area contributed by atoms with Gasteiger partial charge in [-0.25, -0.2) is 8.42 Å². The largest absolute Gasteiger partial charge is 0.508 e. The molecule has 12 heteroatoms. The van der Waals surface area contributed by atoms with Crippen molar-refractivity contribution in [3.05, 3.63) is 95.9 Å². The van der Waals surface area contributed by atoms with E-state index in [-0.39, 0.29) is 47.5 Å². The number of anilines is 1. The van der Waals surface area contributed by atoms with Crippen molar-refractivity contribution in [2.75, 3.05) is 31.1 Å². The minimum atomic E-state index is -3.77. The van der Waals surface area contributed by atoms with Gasteiger partial charge in [0.25, 0.3) is 5.91 Å². The summed E-state index contributed by atoms with van der Waals surface area (Å²) in [5, 5.41) is 20.0. The third kappa shape index (κ3) is 6.35. The van der Waals surface area contributed by atoms with Gasteiger partial charge in [-0.1, -0.05) is 18.2 Å². The molecule has 2 amide bonds. The normalized spacial score (nSPS) is 14.0. The lowest BCUT2D eigenvalue weighted by molar-refractivity contribution is -0.129. The van der Waals surface area contributed by atoms with Crippen LogP contribution < -0.4 is 4.90 Å². The number of carbonyl (C=O) groups excluding carboxylic acids is 2. The molecule has 1 aliphatic heterocycles. The number of pyridine rings is 2. The molecule has 1 saturated heterocycles. The van der Waals surface area contributed by atoms with E-state index in [0.717, 1.165) is 17.2 Å². The van der Waals surface area contributed by atoms with E-state index in [1.807, 2.05) is 6.07 Å². The van der Waals surface area contributed by atoms with Crippen molar-refractivity contribution >= 4 is 27.5 Å². The van der Waals surface area contributed by atoms with Gasteiger partial charge >= 0.3 is 0 Å². The molecule has 1 aliphatic rings. The number of hydrogen-bond acceptors (Lipinski definition) is 8. The minimum absolute atomic E-state index is 0.0304. The van der Waals surface area contributed by atoms with Gasteiger partial charge in [0.15, 0.2) is 0 Å². The summed E-state index contributed by atoms with van der Waals surface area (Å²) in [7, 11) is -3.77. The van der Waals surface area contributed by atoms with Crippen LogP contribution in [-0.4, -0.2) is 75.8 Å². The number of phenols is 2. The Labute approximate surface area is 249 Å². The second-order valence-electron chi connectivity index (χ2n) is 10.2. The first-order valence-corrected chi connectivity index (χ1v) is 15.0. The van der Waals surface area contributed by atoms with Gasteiger partial charge in [-0.3, -0.25) is 19.6 Å². The van der Waals surface area contributed by atoms with Crippen LogP contribution in [0.25, 0.3) is 11.3 Å². The van der Waals surface area contributed by atoms with Gasteiger partial charge in [0, 0.05) is 69.0 Å². The zero-order valence-electron chi connectivity index (χ0n) is 23.7. The summed E-state index contributed by atoms with van der Waals surface area (Å²) in [4.78, 5) is 37.0. The fraction of sp³-hybridized carbons (Fsp3) is 0.226. The molecule has 2 N–H and O–H groups in total. The van der Waals surface area contributed by atoms with E-state index < -0.39 is 15.9 Å². The van der Waals surface area contributed by atoms with Crippen LogP contribution >= 0.6 is 0 Å². The SMILES string of the molecule is CC(=O)N1CCN(S(=O)(=O)c2cnc(-c3ccc(N(Cc4cccnc4)C(=O)c4ccc(O)cc4O)cc3)c(C)c2)CC1. The highest BCUT2D eigenvalue weighted by Gasteiger charge is 2.30. The van der Waals surface area contributed by atoms with Crippen LogP contribution in [0.1, 0.15) is 28.4 Å². The molecule has 0 radical (unpaired) electrons. The first-order valence-electron chi connectivity index (χ1n) is 13.6. The molecular formula is C31H31N5O6S. The second-order valence-corrected chi connectivity index (χ2v) is 12.2. The van der Waals surface area contributed by atoms with Crippen LogP contribution in [0.15, 0.2) is 84.1 Å². The Hall–Kier alpha value is -4.81. The quantitative estimate of drug-likeness (QED) is 0.327. The van der Waals surface area contributed by atoms with Gasteiger partial charge < -0.3 is 20.0 Å². The molecular weight excluding hydrogens is 570 g/mol. The fourth-order valence-electron chi connectivity index (χ4n) is 4.98. The maximum atomic E-state index is 13.6. The summed E-state index contributed by atoms with van der Waals surface area (Å²) in [5.41, 5.74) is 3.33. The molecule has 0 aliphatic carbocycles. The molecule has 222 valence electrons. The molecule has 2 aromatic carbocycles. The molecule has 11 nitrogen and oxygen atoms in total. The van der Waals surface area contributed by atoms with E-state index in [1.165, 1.54) is 34.5 Å². The molecule has 5 rings (SSSR count). The number of hydrogen-bond donors (Lipinski definition) is 2. The van der Waals surface area contributed by atoms with E-state index in [2.05, 4.69) is 9.97 Å². The predicted molar refractivity (Wildman–Crippen MR) is 160 cm³/mol. The summed E-state index contributed by atoms with van der Waals surface area (Å²) in [6.45, 7) is 4.57. The van der Waals surface area contributed by atoms with Gasteiger partial charge in [0.05, 0.1) is 17.8 Å². The highest BCUT2D eigenvalue weighted by Crippen LogP contribution is 2.30.